The molecule has 0 aliphatic heterocycles. The summed E-state index contributed by atoms with van der Waals surface area (Å²) in [6.45, 7) is 0. The maximum absolute atomic E-state index is 6.54. The highest BCUT2D eigenvalue weighted by molar-refractivity contribution is 6.31. The van der Waals surface area contributed by atoms with E-state index < -0.39 is 0 Å². The van der Waals surface area contributed by atoms with Crippen LogP contribution >= 0.6 is 0 Å². The predicted molar refractivity (Wildman–Crippen MR) is 226 cm³/mol. The first-order chi connectivity index (χ1) is 27.3. The molecule has 0 spiro atoms. The Hall–Kier alpha value is -7.50. The van der Waals surface area contributed by atoms with Gasteiger partial charge in [-0.15, -0.1) is 0 Å². The molecule has 5 nitrogen and oxygen atoms in total. The van der Waals surface area contributed by atoms with E-state index in [1.165, 1.54) is 21.9 Å². The molecule has 5 heteroatoms. The van der Waals surface area contributed by atoms with Crippen molar-refractivity contribution < 1.29 is 4.42 Å². The fraction of sp³-hybridized carbons (Fsp3) is 0. The molecule has 0 aliphatic rings. The summed E-state index contributed by atoms with van der Waals surface area (Å²) < 4.78 is 11.3. The van der Waals surface area contributed by atoms with Crippen molar-refractivity contribution >= 4 is 76.5 Å². The quantitative estimate of drug-likeness (QED) is 0.183. The average Bonchev–Trinajstić information content (AvgIpc) is 3.91. The van der Waals surface area contributed by atoms with Crippen LogP contribution in [0.15, 0.2) is 186 Å². The zero-order chi connectivity index (χ0) is 36.0. The van der Waals surface area contributed by atoms with Crippen LogP contribution in [0.5, 0.6) is 0 Å². The molecule has 0 fully saturated rings. The lowest BCUT2D eigenvalue weighted by Crippen LogP contribution is -2.03. The maximum atomic E-state index is 6.54. The second-order valence-electron chi connectivity index (χ2n) is 14.1. The van der Waals surface area contributed by atoms with Gasteiger partial charge >= 0.3 is 0 Å². The summed E-state index contributed by atoms with van der Waals surface area (Å²) in [6.07, 6.45) is 0. The van der Waals surface area contributed by atoms with Crippen molar-refractivity contribution in [1.82, 2.24) is 19.1 Å². The maximum Gasteiger partial charge on any atom is 0.235 e. The van der Waals surface area contributed by atoms with Gasteiger partial charge < -0.3 is 8.98 Å². The van der Waals surface area contributed by atoms with E-state index in [9.17, 15) is 0 Å². The smallest absolute Gasteiger partial charge is 0.235 e. The molecule has 8 aromatic carbocycles. The van der Waals surface area contributed by atoms with Gasteiger partial charge in [0.05, 0.1) is 38.7 Å². The number of rotatable bonds is 4. The summed E-state index contributed by atoms with van der Waals surface area (Å²) in [5, 5.41) is 7.76. The van der Waals surface area contributed by atoms with E-state index >= 15 is 0 Å². The van der Waals surface area contributed by atoms with Crippen LogP contribution < -0.4 is 0 Å². The minimum absolute atomic E-state index is 0.614. The van der Waals surface area contributed by atoms with Gasteiger partial charge in [-0.1, -0.05) is 133 Å². The van der Waals surface area contributed by atoms with E-state index in [0.29, 0.717) is 5.95 Å². The first kappa shape index (κ1) is 30.0. The van der Waals surface area contributed by atoms with Crippen LogP contribution in [0, 0.1) is 0 Å². The third-order valence-corrected chi connectivity index (χ3v) is 11.1. The molecule has 0 bridgehead atoms. The third kappa shape index (κ3) is 4.35. The number of aromatic nitrogens is 4. The lowest BCUT2D eigenvalue weighted by molar-refractivity contribution is 0.669. The molecule has 256 valence electrons. The molecule has 0 saturated carbocycles. The normalized spacial score (nSPS) is 12.0. The van der Waals surface area contributed by atoms with Crippen molar-refractivity contribution in [2.45, 2.75) is 0 Å². The lowest BCUT2D eigenvalue weighted by Gasteiger charge is -2.12. The molecular formula is C50H30N4O. The van der Waals surface area contributed by atoms with Crippen LogP contribution in [-0.4, -0.2) is 19.1 Å². The predicted octanol–water partition coefficient (Wildman–Crippen LogP) is 13.1. The molecule has 0 N–H and O–H groups in total. The Bertz CT molecular complexity index is 3480. The number of benzene rings is 8. The van der Waals surface area contributed by atoms with Gasteiger partial charge in [-0.25, -0.2) is 9.97 Å². The highest BCUT2D eigenvalue weighted by Gasteiger charge is 2.25. The number of fused-ring (bicyclic) bond motifs is 12. The molecule has 0 saturated heterocycles. The topological polar surface area (TPSA) is 48.8 Å². The average molecular weight is 703 g/mol. The van der Waals surface area contributed by atoms with E-state index in [1.54, 1.807) is 0 Å². The van der Waals surface area contributed by atoms with Gasteiger partial charge in [-0.3, -0.25) is 4.57 Å². The Kier molecular flexibility index (Phi) is 6.27. The van der Waals surface area contributed by atoms with Crippen molar-refractivity contribution in [3.8, 4) is 34.0 Å². The van der Waals surface area contributed by atoms with Crippen LogP contribution in [0.3, 0.4) is 0 Å². The molecule has 0 unspecified atom stereocenters. The number of hydrogen-bond donors (Lipinski definition) is 0. The number of para-hydroxylation sites is 3. The highest BCUT2D eigenvalue weighted by atomic mass is 16.3. The van der Waals surface area contributed by atoms with Gasteiger partial charge in [0, 0.05) is 43.6 Å². The zero-order valence-corrected chi connectivity index (χ0v) is 29.5. The molecule has 0 radical (unpaired) electrons. The number of nitrogens with zero attached hydrogens (tertiary/aromatic N) is 4. The Balaban J connectivity index is 1.28. The monoisotopic (exact) mass is 702 g/mol. The second kappa shape index (κ2) is 11.5. The van der Waals surface area contributed by atoms with Gasteiger partial charge in [-0.05, 0) is 59.7 Å². The van der Waals surface area contributed by atoms with E-state index in [0.717, 1.165) is 82.6 Å². The molecule has 0 atom stereocenters. The van der Waals surface area contributed by atoms with E-state index in [2.05, 4.69) is 167 Å². The SMILES string of the molecule is c1ccc(-c2cccc(-n3c4ccccc4c4ccc5c(c6ccc7oc8ccccc8c7c6n5-c5nc(-c6ccccc6)c6ccccc6n5)c43)c2)cc1. The highest BCUT2D eigenvalue weighted by Crippen LogP contribution is 2.46. The first-order valence-electron chi connectivity index (χ1n) is 18.6. The molecule has 55 heavy (non-hydrogen) atoms. The Labute approximate surface area is 315 Å². The molecule has 12 rings (SSSR count). The van der Waals surface area contributed by atoms with Crippen LogP contribution in [0.25, 0.3) is 110 Å². The third-order valence-electron chi connectivity index (χ3n) is 11.1. The molecule has 0 amide bonds. The minimum Gasteiger partial charge on any atom is -0.456 e. The molecular weight excluding hydrogens is 673 g/mol. The van der Waals surface area contributed by atoms with Crippen molar-refractivity contribution in [2.75, 3.05) is 0 Å². The number of hydrogen-bond acceptors (Lipinski definition) is 3. The van der Waals surface area contributed by atoms with Crippen LogP contribution in [0.2, 0.25) is 0 Å². The second-order valence-corrected chi connectivity index (χ2v) is 14.1. The van der Waals surface area contributed by atoms with E-state index in [1.807, 2.05) is 24.3 Å². The van der Waals surface area contributed by atoms with Crippen LogP contribution in [0.4, 0.5) is 0 Å². The summed E-state index contributed by atoms with van der Waals surface area (Å²) in [5.74, 6) is 0.614. The van der Waals surface area contributed by atoms with Crippen molar-refractivity contribution in [2.24, 2.45) is 0 Å². The summed E-state index contributed by atoms with van der Waals surface area (Å²) in [7, 11) is 0. The standard InChI is InChI=1S/C50H30N4O/c1-3-14-31(15-4-1)33-18-13-19-34(30-33)53-41-24-11-8-20-35(41)36-26-28-42-45(48(36)53)39-27-29-44-46(38-22-9-12-25-43(38)55-44)49(39)54(42)50-51-40-23-10-7-21-37(40)47(52-50)32-16-5-2-6-17-32/h1-30H. The van der Waals surface area contributed by atoms with E-state index in [-0.39, 0.29) is 0 Å². The molecule has 4 heterocycles. The molecule has 4 aromatic heterocycles. The Morgan fingerprint density at radius 1 is 0.382 bits per heavy atom. The van der Waals surface area contributed by atoms with Crippen LogP contribution in [-0.2, 0) is 0 Å². The number of furan rings is 1. The summed E-state index contributed by atoms with van der Waals surface area (Å²) in [5.41, 5.74) is 12.3. The van der Waals surface area contributed by atoms with Gasteiger partial charge in [0.1, 0.15) is 11.2 Å². The van der Waals surface area contributed by atoms with Gasteiger partial charge in [0.25, 0.3) is 0 Å². The fourth-order valence-electron chi connectivity index (χ4n) is 8.76. The van der Waals surface area contributed by atoms with E-state index in [4.69, 9.17) is 14.4 Å². The summed E-state index contributed by atoms with van der Waals surface area (Å²) in [6, 6.07) is 64.1. The van der Waals surface area contributed by atoms with Gasteiger partial charge in [-0.2, -0.15) is 0 Å². The largest absolute Gasteiger partial charge is 0.456 e. The Morgan fingerprint density at radius 2 is 1.05 bits per heavy atom. The van der Waals surface area contributed by atoms with Crippen molar-refractivity contribution in [1.29, 1.82) is 0 Å². The fourth-order valence-corrected chi connectivity index (χ4v) is 8.76. The minimum atomic E-state index is 0.614. The zero-order valence-electron chi connectivity index (χ0n) is 29.5. The molecule has 12 aromatic rings. The van der Waals surface area contributed by atoms with Gasteiger partial charge in [0.2, 0.25) is 5.95 Å². The van der Waals surface area contributed by atoms with Gasteiger partial charge in [0.15, 0.2) is 0 Å². The lowest BCUT2D eigenvalue weighted by atomic mass is 10.0. The van der Waals surface area contributed by atoms with Crippen LogP contribution in [0.1, 0.15) is 0 Å². The summed E-state index contributed by atoms with van der Waals surface area (Å²) >= 11 is 0. The summed E-state index contributed by atoms with van der Waals surface area (Å²) in [4.78, 5) is 10.8. The van der Waals surface area contributed by atoms with Crippen molar-refractivity contribution in [3.05, 3.63) is 182 Å². The first-order valence-corrected chi connectivity index (χ1v) is 18.6. The molecule has 0 aliphatic carbocycles. The van der Waals surface area contributed by atoms with Crippen molar-refractivity contribution in [3.63, 3.8) is 0 Å². The Morgan fingerprint density at radius 3 is 1.91 bits per heavy atom.